The minimum absolute atomic E-state index is 0.0210. The molecule has 1 aliphatic rings. The molecule has 1 saturated carbocycles. The van der Waals surface area contributed by atoms with Gasteiger partial charge in [0.15, 0.2) is 0 Å². The van der Waals surface area contributed by atoms with Gasteiger partial charge in [-0.05, 0) is 50.3 Å². The summed E-state index contributed by atoms with van der Waals surface area (Å²) >= 11 is 0. The number of rotatable bonds is 8. The highest BCUT2D eigenvalue weighted by atomic mass is 16.1. The molecule has 5 nitrogen and oxygen atoms in total. The summed E-state index contributed by atoms with van der Waals surface area (Å²) < 4.78 is 0. The van der Waals surface area contributed by atoms with Crippen molar-refractivity contribution in [3.8, 4) is 0 Å². The Morgan fingerprint density at radius 2 is 1.96 bits per heavy atom. The van der Waals surface area contributed by atoms with E-state index in [1.807, 2.05) is 18.3 Å². The molecule has 0 radical (unpaired) electrons. The van der Waals surface area contributed by atoms with Gasteiger partial charge in [0.2, 0.25) is 5.91 Å². The van der Waals surface area contributed by atoms with E-state index in [0.29, 0.717) is 19.5 Å². The Labute approximate surface area is 146 Å². The zero-order valence-electron chi connectivity index (χ0n) is 15.2. The summed E-state index contributed by atoms with van der Waals surface area (Å²) in [5.41, 5.74) is 7.02. The Morgan fingerprint density at radius 3 is 2.50 bits per heavy atom. The second-order valence-corrected chi connectivity index (χ2v) is 6.92. The summed E-state index contributed by atoms with van der Waals surface area (Å²) in [6, 6.07) is 4.07. The van der Waals surface area contributed by atoms with E-state index >= 15 is 0 Å². The molecule has 0 atom stereocenters. The number of hydrogen-bond donors (Lipinski definition) is 2. The largest absolute Gasteiger partial charge is 0.357 e. The minimum atomic E-state index is 0.0210. The highest BCUT2D eigenvalue weighted by molar-refractivity contribution is 5.76. The molecule has 0 bridgehead atoms. The lowest BCUT2D eigenvalue weighted by molar-refractivity contribution is -0.124. The van der Waals surface area contributed by atoms with Crippen LogP contribution in [0.2, 0.25) is 0 Å². The van der Waals surface area contributed by atoms with Crippen molar-refractivity contribution >= 4 is 11.7 Å². The van der Waals surface area contributed by atoms with Crippen molar-refractivity contribution in [2.45, 2.75) is 58.9 Å². The maximum Gasteiger partial charge on any atom is 0.220 e. The smallest absolute Gasteiger partial charge is 0.220 e. The third-order valence-electron chi connectivity index (χ3n) is 5.27. The van der Waals surface area contributed by atoms with Gasteiger partial charge in [0.1, 0.15) is 5.82 Å². The van der Waals surface area contributed by atoms with Gasteiger partial charge in [0.25, 0.3) is 0 Å². The van der Waals surface area contributed by atoms with Gasteiger partial charge in [-0.2, -0.15) is 0 Å². The van der Waals surface area contributed by atoms with E-state index in [2.05, 4.69) is 29.0 Å². The Hall–Kier alpha value is -1.62. The van der Waals surface area contributed by atoms with Gasteiger partial charge in [-0.15, -0.1) is 0 Å². The first-order valence-corrected chi connectivity index (χ1v) is 9.29. The van der Waals surface area contributed by atoms with Crippen molar-refractivity contribution in [2.24, 2.45) is 11.1 Å². The van der Waals surface area contributed by atoms with Crippen LogP contribution in [0.3, 0.4) is 0 Å². The van der Waals surface area contributed by atoms with Gasteiger partial charge in [-0.1, -0.05) is 25.3 Å². The van der Waals surface area contributed by atoms with E-state index in [1.54, 1.807) is 0 Å². The standard InChI is InChI=1S/C19H32N4O/c1-3-23(4-2)17-9-8-16(13-21-17)14-22-18(24)12-19(15-20)10-6-5-7-11-19/h8-9,13H,3-7,10-12,14-15,20H2,1-2H3,(H,22,24). The molecule has 1 fully saturated rings. The van der Waals surface area contributed by atoms with E-state index in [4.69, 9.17) is 5.73 Å². The van der Waals surface area contributed by atoms with Gasteiger partial charge < -0.3 is 16.0 Å². The molecule has 24 heavy (non-hydrogen) atoms. The quantitative estimate of drug-likeness (QED) is 0.768. The van der Waals surface area contributed by atoms with E-state index in [-0.39, 0.29) is 11.3 Å². The molecule has 0 aliphatic heterocycles. The first-order valence-electron chi connectivity index (χ1n) is 9.29. The molecule has 0 spiro atoms. The number of anilines is 1. The number of amides is 1. The predicted octanol–water partition coefficient (Wildman–Crippen LogP) is 2.84. The number of nitrogens with zero attached hydrogens (tertiary/aromatic N) is 2. The SMILES string of the molecule is CCN(CC)c1ccc(CNC(=O)CC2(CN)CCCCC2)cn1. The van der Waals surface area contributed by atoms with Crippen LogP contribution in [0.15, 0.2) is 18.3 Å². The molecule has 1 aromatic heterocycles. The fourth-order valence-corrected chi connectivity index (χ4v) is 3.61. The molecule has 2 rings (SSSR count). The number of nitrogens with two attached hydrogens (primary N) is 1. The van der Waals surface area contributed by atoms with Gasteiger partial charge >= 0.3 is 0 Å². The Kier molecular flexibility index (Phi) is 7.03. The maximum atomic E-state index is 12.3. The van der Waals surface area contributed by atoms with Crippen molar-refractivity contribution in [1.82, 2.24) is 10.3 Å². The lowest BCUT2D eigenvalue weighted by Gasteiger charge is -2.35. The number of carbonyl (C=O) groups excluding carboxylic acids is 1. The summed E-state index contributed by atoms with van der Waals surface area (Å²) in [6.07, 6.45) is 8.23. The zero-order valence-corrected chi connectivity index (χ0v) is 15.2. The predicted molar refractivity (Wildman–Crippen MR) is 98.8 cm³/mol. The molecular formula is C19H32N4O. The molecule has 134 valence electrons. The molecule has 0 aromatic carbocycles. The molecule has 1 heterocycles. The summed E-state index contributed by atoms with van der Waals surface area (Å²) in [5, 5.41) is 3.03. The van der Waals surface area contributed by atoms with Crippen molar-refractivity contribution in [3.05, 3.63) is 23.9 Å². The molecule has 1 aliphatic carbocycles. The second kappa shape index (κ2) is 9.02. The van der Waals surface area contributed by atoms with Crippen LogP contribution >= 0.6 is 0 Å². The molecule has 5 heteroatoms. The van der Waals surface area contributed by atoms with Crippen molar-refractivity contribution in [3.63, 3.8) is 0 Å². The van der Waals surface area contributed by atoms with Crippen LogP contribution in [-0.4, -0.2) is 30.5 Å². The number of nitrogens with one attached hydrogen (secondary N) is 1. The Morgan fingerprint density at radius 1 is 1.25 bits per heavy atom. The van der Waals surface area contributed by atoms with Gasteiger partial charge in [-0.3, -0.25) is 4.79 Å². The molecule has 0 unspecified atom stereocenters. The van der Waals surface area contributed by atoms with E-state index in [9.17, 15) is 4.79 Å². The maximum absolute atomic E-state index is 12.3. The van der Waals surface area contributed by atoms with Crippen molar-refractivity contribution in [2.75, 3.05) is 24.5 Å². The normalized spacial score (nSPS) is 16.6. The lowest BCUT2D eigenvalue weighted by Crippen LogP contribution is -2.38. The lowest BCUT2D eigenvalue weighted by atomic mass is 9.71. The first-order chi connectivity index (χ1) is 11.6. The zero-order chi connectivity index (χ0) is 17.4. The van der Waals surface area contributed by atoms with Crippen molar-refractivity contribution < 1.29 is 4.79 Å². The average Bonchev–Trinajstić information content (AvgIpc) is 2.63. The molecule has 1 amide bonds. The molecular weight excluding hydrogens is 300 g/mol. The molecule has 3 N–H and O–H groups in total. The van der Waals surface area contributed by atoms with Crippen LogP contribution in [-0.2, 0) is 11.3 Å². The van der Waals surface area contributed by atoms with Crippen LogP contribution in [0, 0.1) is 5.41 Å². The average molecular weight is 332 g/mol. The summed E-state index contributed by atoms with van der Waals surface area (Å²) in [6.45, 7) is 7.28. The first kappa shape index (κ1) is 18.7. The van der Waals surface area contributed by atoms with Gasteiger partial charge in [-0.25, -0.2) is 4.98 Å². The van der Waals surface area contributed by atoms with Crippen molar-refractivity contribution in [1.29, 1.82) is 0 Å². The summed E-state index contributed by atoms with van der Waals surface area (Å²) in [7, 11) is 0. The second-order valence-electron chi connectivity index (χ2n) is 6.92. The fourth-order valence-electron chi connectivity index (χ4n) is 3.61. The fraction of sp³-hybridized carbons (Fsp3) is 0.684. The number of pyridine rings is 1. The van der Waals surface area contributed by atoms with Gasteiger partial charge in [0.05, 0.1) is 0 Å². The number of aromatic nitrogens is 1. The third kappa shape index (κ3) is 4.94. The monoisotopic (exact) mass is 332 g/mol. The highest BCUT2D eigenvalue weighted by Gasteiger charge is 2.32. The van der Waals surface area contributed by atoms with Crippen LogP contribution < -0.4 is 16.0 Å². The minimum Gasteiger partial charge on any atom is -0.357 e. The summed E-state index contributed by atoms with van der Waals surface area (Å²) in [4.78, 5) is 19.0. The van der Waals surface area contributed by atoms with E-state index in [0.717, 1.165) is 37.3 Å². The van der Waals surface area contributed by atoms with Crippen LogP contribution in [0.25, 0.3) is 0 Å². The van der Waals surface area contributed by atoms with E-state index < -0.39 is 0 Å². The molecule has 0 saturated heterocycles. The van der Waals surface area contributed by atoms with Crippen LogP contribution in [0.1, 0.15) is 57.9 Å². The third-order valence-corrected chi connectivity index (χ3v) is 5.27. The summed E-state index contributed by atoms with van der Waals surface area (Å²) in [5.74, 6) is 1.09. The number of hydrogen-bond acceptors (Lipinski definition) is 4. The van der Waals surface area contributed by atoms with Crippen LogP contribution in [0.5, 0.6) is 0 Å². The highest BCUT2D eigenvalue weighted by Crippen LogP contribution is 2.38. The Balaban J connectivity index is 1.85. The molecule has 1 aromatic rings. The topological polar surface area (TPSA) is 71.2 Å². The number of carbonyl (C=O) groups is 1. The van der Waals surface area contributed by atoms with Gasteiger partial charge in [0, 0.05) is 32.3 Å². The van der Waals surface area contributed by atoms with E-state index in [1.165, 1.54) is 19.3 Å². The Bertz CT molecular complexity index is 505. The van der Waals surface area contributed by atoms with Crippen LogP contribution in [0.4, 0.5) is 5.82 Å².